The number of hydrazone groups is 1. The maximum atomic E-state index is 13.4. The molecule has 2 aromatic carbocycles. The van der Waals surface area contributed by atoms with Crippen LogP contribution < -0.4 is 5.32 Å². The molecule has 8 heteroatoms. The number of hydrogen-bond donors (Lipinski definition) is 1. The summed E-state index contributed by atoms with van der Waals surface area (Å²) in [6.07, 6.45) is 4.16. The van der Waals surface area contributed by atoms with Gasteiger partial charge in [-0.25, -0.2) is 5.01 Å². The molecule has 1 aromatic heterocycles. The third-order valence-corrected chi connectivity index (χ3v) is 6.69. The summed E-state index contributed by atoms with van der Waals surface area (Å²) in [6, 6.07) is 16.5. The van der Waals surface area contributed by atoms with Crippen molar-refractivity contribution in [1.82, 2.24) is 9.91 Å². The smallest absolute Gasteiger partial charge is 0.262 e. The van der Waals surface area contributed by atoms with Crippen molar-refractivity contribution >= 4 is 34.8 Å². The lowest BCUT2D eigenvalue weighted by atomic mass is 10.0. The minimum atomic E-state index is -0.333. The molecule has 2 amide bonds. The van der Waals surface area contributed by atoms with Crippen molar-refractivity contribution in [2.45, 2.75) is 32.2 Å². The number of hydrogen-bond acceptors (Lipinski definition) is 5. The van der Waals surface area contributed by atoms with E-state index in [0.717, 1.165) is 42.8 Å². The van der Waals surface area contributed by atoms with E-state index in [1.807, 2.05) is 48.2 Å². The average molecular weight is 491 g/mol. The number of rotatable bonds is 6. The molecule has 3 heterocycles. The number of benzene rings is 2. The zero-order valence-electron chi connectivity index (χ0n) is 19.5. The standard InChI is InChI=1S/C27H27ClN4O3/c1-18-6-8-19(9-7-18)22-16-24(25-5-4-14-35-25)32(30-22)26(33)17-29-23-15-20(28)10-11-21(23)27(34)31-12-2-3-13-31/h4-11,14-15,24,29H,2-3,12-13,16-17H2,1H3. The number of carbonyl (C=O) groups is 2. The number of nitrogens with one attached hydrogen (secondary N) is 1. The number of anilines is 1. The Morgan fingerprint density at radius 2 is 1.89 bits per heavy atom. The Labute approximate surface area is 209 Å². The molecule has 1 N–H and O–H groups in total. The van der Waals surface area contributed by atoms with E-state index < -0.39 is 0 Å². The Kier molecular flexibility index (Phi) is 6.59. The van der Waals surface area contributed by atoms with Gasteiger partial charge in [0.1, 0.15) is 11.8 Å². The normalized spacial score (nSPS) is 17.5. The quantitative estimate of drug-likeness (QED) is 0.510. The van der Waals surface area contributed by atoms with Crippen molar-refractivity contribution in [3.63, 3.8) is 0 Å². The second-order valence-corrected chi connectivity index (χ2v) is 9.37. The van der Waals surface area contributed by atoms with Crippen LogP contribution in [-0.2, 0) is 4.79 Å². The van der Waals surface area contributed by atoms with Crippen molar-refractivity contribution in [3.05, 3.63) is 88.3 Å². The van der Waals surface area contributed by atoms with E-state index in [1.165, 1.54) is 5.01 Å². The van der Waals surface area contributed by atoms with E-state index in [-0.39, 0.29) is 24.4 Å². The Bertz CT molecular complexity index is 1250. The third-order valence-electron chi connectivity index (χ3n) is 6.46. The van der Waals surface area contributed by atoms with E-state index in [2.05, 4.69) is 10.4 Å². The van der Waals surface area contributed by atoms with E-state index in [0.29, 0.717) is 28.5 Å². The first kappa shape index (κ1) is 23.2. The number of likely N-dealkylation sites (tertiary alicyclic amines) is 1. The van der Waals surface area contributed by atoms with Gasteiger partial charge in [-0.1, -0.05) is 41.4 Å². The monoisotopic (exact) mass is 490 g/mol. The predicted molar refractivity (Wildman–Crippen MR) is 136 cm³/mol. The predicted octanol–water partition coefficient (Wildman–Crippen LogP) is 5.27. The average Bonchev–Trinajstić information content (AvgIpc) is 3.64. The summed E-state index contributed by atoms with van der Waals surface area (Å²) in [5, 5.41) is 9.79. The number of furan rings is 1. The molecule has 5 rings (SSSR count). The molecule has 1 saturated heterocycles. The van der Waals surface area contributed by atoms with Crippen LogP contribution in [-0.4, -0.2) is 47.1 Å². The Morgan fingerprint density at radius 1 is 1.11 bits per heavy atom. The fraction of sp³-hybridized carbons (Fsp3) is 0.296. The fourth-order valence-corrected chi connectivity index (χ4v) is 4.73. The highest BCUT2D eigenvalue weighted by Gasteiger charge is 2.35. The first-order valence-corrected chi connectivity index (χ1v) is 12.2. The zero-order chi connectivity index (χ0) is 24.4. The van der Waals surface area contributed by atoms with Gasteiger partial charge in [-0.15, -0.1) is 0 Å². The summed E-state index contributed by atoms with van der Waals surface area (Å²) < 4.78 is 5.63. The number of nitrogens with zero attached hydrogens (tertiary/aromatic N) is 3. The first-order valence-electron chi connectivity index (χ1n) is 11.8. The molecule has 0 spiro atoms. The number of halogens is 1. The maximum Gasteiger partial charge on any atom is 0.262 e. The number of aryl methyl sites for hydroxylation is 1. The second kappa shape index (κ2) is 9.96. The van der Waals surface area contributed by atoms with Gasteiger partial charge in [0.05, 0.1) is 24.1 Å². The van der Waals surface area contributed by atoms with Crippen LogP contribution in [0, 0.1) is 6.92 Å². The molecular formula is C27H27ClN4O3. The van der Waals surface area contributed by atoms with Crippen molar-refractivity contribution in [2.75, 3.05) is 25.0 Å². The molecule has 2 aliphatic rings. The van der Waals surface area contributed by atoms with Gasteiger partial charge in [0.25, 0.3) is 11.8 Å². The summed E-state index contributed by atoms with van der Waals surface area (Å²) in [4.78, 5) is 28.2. The topological polar surface area (TPSA) is 78.2 Å². The SMILES string of the molecule is Cc1ccc(C2=NN(C(=O)CNc3cc(Cl)ccc3C(=O)N3CCCC3)C(c3ccco3)C2)cc1. The second-order valence-electron chi connectivity index (χ2n) is 8.93. The van der Waals surface area contributed by atoms with Gasteiger partial charge in [-0.2, -0.15) is 5.10 Å². The molecule has 1 fully saturated rings. The van der Waals surface area contributed by atoms with Crippen LogP contribution in [0.1, 0.15) is 52.5 Å². The van der Waals surface area contributed by atoms with Crippen LogP contribution >= 0.6 is 11.6 Å². The minimum Gasteiger partial charge on any atom is -0.467 e. The molecule has 180 valence electrons. The van der Waals surface area contributed by atoms with Crippen LogP contribution in [0.5, 0.6) is 0 Å². The molecule has 7 nitrogen and oxygen atoms in total. The van der Waals surface area contributed by atoms with Gasteiger partial charge in [0.15, 0.2) is 0 Å². The van der Waals surface area contributed by atoms with E-state index in [9.17, 15) is 9.59 Å². The molecule has 1 atom stereocenters. The van der Waals surface area contributed by atoms with Crippen LogP contribution in [0.2, 0.25) is 5.02 Å². The molecule has 1 unspecified atom stereocenters. The van der Waals surface area contributed by atoms with Crippen LogP contribution in [0.4, 0.5) is 5.69 Å². The first-order chi connectivity index (χ1) is 17.0. The fourth-order valence-electron chi connectivity index (χ4n) is 4.55. The molecule has 0 saturated carbocycles. The number of amides is 2. The van der Waals surface area contributed by atoms with Gasteiger partial charge >= 0.3 is 0 Å². The summed E-state index contributed by atoms with van der Waals surface area (Å²) in [5.74, 6) is 0.397. The highest BCUT2D eigenvalue weighted by Crippen LogP contribution is 2.33. The summed E-state index contributed by atoms with van der Waals surface area (Å²) in [7, 11) is 0. The van der Waals surface area contributed by atoms with Gasteiger partial charge in [0.2, 0.25) is 0 Å². The molecule has 0 bridgehead atoms. The zero-order valence-corrected chi connectivity index (χ0v) is 20.3. The van der Waals surface area contributed by atoms with Crippen molar-refractivity contribution < 1.29 is 14.0 Å². The van der Waals surface area contributed by atoms with Gasteiger partial charge in [-0.05, 0) is 55.7 Å². The Morgan fingerprint density at radius 3 is 2.60 bits per heavy atom. The lowest BCUT2D eigenvalue weighted by molar-refractivity contribution is -0.131. The lowest BCUT2D eigenvalue weighted by Gasteiger charge is -2.22. The highest BCUT2D eigenvalue weighted by molar-refractivity contribution is 6.31. The van der Waals surface area contributed by atoms with Crippen molar-refractivity contribution in [3.8, 4) is 0 Å². The Balaban J connectivity index is 1.36. The summed E-state index contributed by atoms with van der Waals surface area (Å²) in [6.45, 7) is 3.48. The van der Waals surface area contributed by atoms with Crippen molar-refractivity contribution in [2.24, 2.45) is 5.10 Å². The summed E-state index contributed by atoms with van der Waals surface area (Å²) >= 11 is 6.22. The molecule has 0 aliphatic carbocycles. The third kappa shape index (κ3) is 4.95. The maximum absolute atomic E-state index is 13.4. The number of carbonyl (C=O) groups excluding carboxylic acids is 2. The van der Waals surface area contributed by atoms with Crippen LogP contribution in [0.3, 0.4) is 0 Å². The van der Waals surface area contributed by atoms with Gasteiger partial charge < -0.3 is 14.6 Å². The van der Waals surface area contributed by atoms with E-state index >= 15 is 0 Å². The summed E-state index contributed by atoms with van der Waals surface area (Å²) in [5.41, 5.74) is 4.01. The van der Waals surface area contributed by atoms with Crippen molar-refractivity contribution in [1.29, 1.82) is 0 Å². The van der Waals surface area contributed by atoms with Gasteiger partial charge in [0, 0.05) is 30.2 Å². The minimum absolute atomic E-state index is 0.0392. The lowest BCUT2D eigenvalue weighted by Crippen LogP contribution is -2.33. The van der Waals surface area contributed by atoms with Crippen LogP contribution in [0.15, 0.2) is 70.4 Å². The Hall–Kier alpha value is -3.58. The molecule has 35 heavy (non-hydrogen) atoms. The molecular weight excluding hydrogens is 464 g/mol. The van der Waals surface area contributed by atoms with E-state index in [1.54, 1.807) is 24.5 Å². The van der Waals surface area contributed by atoms with Crippen LogP contribution in [0.25, 0.3) is 0 Å². The largest absolute Gasteiger partial charge is 0.467 e. The molecule has 3 aromatic rings. The van der Waals surface area contributed by atoms with Gasteiger partial charge in [-0.3, -0.25) is 9.59 Å². The van der Waals surface area contributed by atoms with E-state index in [4.69, 9.17) is 16.0 Å². The highest BCUT2D eigenvalue weighted by atomic mass is 35.5. The molecule has 2 aliphatic heterocycles. The molecule has 0 radical (unpaired) electrons.